The van der Waals surface area contributed by atoms with E-state index in [1.54, 1.807) is 13.8 Å². The highest BCUT2D eigenvalue weighted by molar-refractivity contribution is 7.91. The Balaban J connectivity index is 1.96. The second-order valence-corrected chi connectivity index (χ2v) is 10.7. The van der Waals surface area contributed by atoms with Gasteiger partial charge in [-0.3, -0.25) is 4.79 Å². The summed E-state index contributed by atoms with van der Waals surface area (Å²) in [6.45, 7) is 6.47. The summed E-state index contributed by atoms with van der Waals surface area (Å²) >= 11 is 0. The van der Waals surface area contributed by atoms with Gasteiger partial charge in [-0.15, -0.1) is 0 Å². The normalized spacial score (nSPS) is 21.5. The topological polar surface area (TPSA) is 143 Å². The highest BCUT2D eigenvalue weighted by Crippen LogP contribution is 2.43. The van der Waals surface area contributed by atoms with Crippen molar-refractivity contribution >= 4 is 21.6 Å². The van der Waals surface area contributed by atoms with Crippen molar-refractivity contribution in [3.05, 3.63) is 23.7 Å². The van der Waals surface area contributed by atoms with E-state index in [2.05, 4.69) is 20.0 Å². The molecule has 2 atom stereocenters. The van der Waals surface area contributed by atoms with Crippen LogP contribution in [0.25, 0.3) is 5.95 Å². The Kier molecular flexibility index (Phi) is 4.73. The number of fused-ring (bicyclic) bond motifs is 3. The molecule has 2 aliphatic heterocycles. The summed E-state index contributed by atoms with van der Waals surface area (Å²) in [5.41, 5.74) is 5.75. The van der Waals surface area contributed by atoms with Crippen LogP contribution in [0.2, 0.25) is 0 Å². The molecule has 0 radical (unpaired) electrons. The number of nitrogens with two attached hydrogens (primary N) is 1. The SMILES string of the molecule is C[C@@H]1COC[C@H]2COc3c(nc(-n4cc(C(N)=O)cn4)nc3C(C)(C)S(C)(=O)=O)N21. The number of amides is 1. The number of primary amides is 1. The van der Waals surface area contributed by atoms with Crippen LogP contribution in [0.4, 0.5) is 5.82 Å². The second kappa shape index (κ2) is 6.91. The fraction of sp³-hybridized carbons (Fsp3) is 0.556. The molecule has 4 rings (SSSR count). The first-order valence-corrected chi connectivity index (χ1v) is 11.4. The van der Waals surface area contributed by atoms with Crippen LogP contribution in [-0.4, -0.2) is 72.2 Å². The molecule has 0 aliphatic carbocycles. The number of hydrogen-bond donors (Lipinski definition) is 1. The van der Waals surface area contributed by atoms with Gasteiger partial charge in [0.05, 0.1) is 37.1 Å². The molecule has 0 bridgehead atoms. The molecule has 2 N–H and O–H groups in total. The molecule has 0 aromatic carbocycles. The summed E-state index contributed by atoms with van der Waals surface area (Å²) in [7, 11) is -3.56. The van der Waals surface area contributed by atoms with Gasteiger partial charge in [0.1, 0.15) is 17.0 Å². The molecule has 30 heavy (non-hydrogen) atoms. The van der Waals surface area contributed by atoms with E-state index < -0.39 is 20.5 Å². The zero-order chi connectivity index (χ0) is 21.8. The summed E-state index contributed by atoms with van der Waals surface area (Å²) in [6, 6.07) is -0.0563. The van der Waals surface area contributed by atoms with Gasteiger partial charge in [0.2, 0.25) is 0 Å². The van der Waals surface area contributed by atoms with Crippen LogP contribution in [0.5, 0.6) is 5.75 Å². The number of carbonyl (C=O) groups is 1. The lowest BCUT2D eigenvalue weighted by Gasteiger charge is -2.45. The van der Waals surface area contributed by atoms with Crippen LogP contribution in [-0.2, 0) is 19.3 Å². The molecule has 2 aromatic heterocycles. The molecule has 2 aromatic rings. The number of ether oxygens (including phenoxy) is 2. The summed E-state index contributed by atoms with van der Waals surface area (Å²) < 4.78 is 36.7. The van der Waals surface area contributed by atoms with E-state index in [1.165, 1.54) is 17.1 Å². The van der Waals surface area contributed by atoms with Gasteiger partial charge in [0.25, 0.3) is 11.9 Å². The largest absolute Gasteiger partial charge is 0.486 e. The van der Waals surface area contributed by atoms with Gasteiger partial charge in [-0.2, -0.15) is 10.1 Å². The Morgan fingerprint density at radius 1 is 1.27 bits per heavy atom. The Morgan fingerprint density at radius 3 is 2.63 bits per heavy atom. The van der Waals surface area contributed by atoms with E-state index >= 15 is 0 Å². The zero-order valence-corrected chi connectivity index (χ0v) is 18.0. The van der Waals surface area contributed by atoms with Crippen molar-refractivity contribution in [1.82, 2.24) is 19.7 Å². The van der Waals surface area contributed by atoms with Crippen molar-refractivity contribution in [2.45, 2.75) is 37.6 Å². The number of rotatable bonds is 4. The van der Waals surface area contributed by atoms with E-state index in [1.807, 2.05) is 6.92 Å². The van der Waals surface area contributed by atoms with Gasteiger partial charge in [-0.05, 0) is 20.8 Å². The Morgan fingerprint density at radius 2 is 2.00 bits per heavy atom. The maximum absolute atomic E-state index is 12.6. The first-order valence-electron chi connectivity index (χ1n) is 9.46. The summed E-state index contributed by atoms with van der Waals surface area (Å²) in [5.74, 6) is 0.299. The zero-order valence-electron chi connectivity index (χ0n) is 17.2. The van der Waals surface area contributed by atoms with E-state index in [0.29, 0.717) is 31.4 Å². The number of carbonyl (C=O) groups excluding carboxylic acids is 1. The van der Waals surface area contributed by atoms with Gasteiger partial charge >= 0.3 is 0 Å². The Labute approximate surface area is 174 Å². The fourth-order valence-electron chi connectivity index (χ4n) is 3.57. The molecule has 1 amide bonds. The minimum Gasteiger partial charge on any atom is -0.486 e. The van der Waals surface area contributed by atoms with Crippen molar-refractivity contribution < 1.29 is 22.7 Å². The molecule has 162 valence electrons. The van der Waals surface area contributed by atoms with Crippen molar-refractivity contribution in [3.63, 3.8) is 0 Å². The molecule has 0 spiro atoms. The number of nitrogens with zero attached hydrogens (tertiary/aromatic N) is 5. The third-order valence-electron chi connectivity index (χ3n) is 5.61. The van der Waals surface area contributed by atoms with Crippen molar-refractivity contribution in [2.75, 3.05) is 31.0 Å². The predicted octanol–water partition coefficient (Wildman–Crippen LogP) is 0.0270. The third-order valence-corrected chi connectivity index (χ3v) is 7.65. The predicted molar refractivity (Wildman–Crippen MR) is 108 cm³/mol. The second-order valence-electron chi connectivity index (χ2n) is 8.10. The Bertz CT molecular complexity index is 1110. The van der Waals surface area contributed by atoms with Gasteiger partial charge in [0, 0.05) is 12.5 Å². The van der Waals surface area contributed by atoms with Crippen molar-refractivity contribution in [2.24, 2.45) is 5.73 Å². The molecule has 4 heterocycles. The van der Waals surface area contributed by atoms with Crippen LogP contribution < -0.4 is 15.4 Å². The molecule has 2 aliphatic rings. The summed E-state index contributed by atoms with van der Waals surface area (Å²) in [5, 5.41) is 4.12. The number of morpholine rings is 1. The van der Waals surface area contributed by atoms with Crippen LogP contribution in [0.3, 0.4) is 0 Å². The quantitative estimate of drug-likeness (QED) is 0.702. The standard InChI is InChI=1S/C18H24N6O5S/c1-10-7-28-8-12-9-29-13-14(18(2,3)30(4,26)27)21-17(22-16(13)24(10)12)23-6-11(5-20-23)15(19)25/h5-6,10,12H,7-9H2,1-4H3,(H2,19,25)/t10-,12+/m1/s1. The van der Waals surface area contributed by atoms with Crippen LogP contribution in [0, 0.1) is 0 Å². The van der Waals surface area contributed by atoms with E-state index in [-0.39, 0.29) is 29.3 Å². The first kappa shape index (κ1) is 20.5. The van der Waals surface area contributed by atoms with E-state index in [0.717, 1.165) is 6.26 Å². The molecular formula is C18H24N6O5S. The van der Waals surface area contributed by atoms with E-state index in [9.17, 15) is 13.2 Å². The van der Waals surface area contributed by atoms with Crippen molar-refractivity contribution in [1.29, 1.82) is 0 Å². The van der Waals surface area contributed by atoms with Gasteiger partial charge in [-0.25, -0.2) is 18.1 Å². The minimum absolute atomic E-state index is 0.00199. The molecule has 0 saturated carbocycles. The summed E-state index contributed by atoms with van der Waals surface area (Å²) in [4.78, 5) is 22.7. The number of aromatic nitrogens is 4. The fourth-order valence-corrected chi connectivity index (χ4v) is 4.05. The smallest absolute Gasteiger partial charge is 0.253 e. The van der Waals surface area contributed by atoms with Crippen LogP contribution in [0.15, 0.2) is 12.4 Å². The van der Waals surface area contributed by atoms with E-state index in [4.69, 9.17) is 15.2 Å². The maximum atomic E-state index is 12.6. The molecular weight excluding hydrogens is 412 g/mol. The highest BCUT2D eigenvalue weighted by Gasteiger charge is 2.44. The molecule has 1 fully saturated rings. The third kappa shape index (κ3) is 3.19. The highest BCUT2D eigenvalue weighted by atomic mass is 32.2. The monoisotopic (exact) mass is 436 g/mol. The molecule has 1 saturated heterocycles. The van der Waals surface area contributed by atoms with Gasteiger partial charge in [0.15, 0.2) is 21.4 Å². The number of sulfone groups is 1. The lowest BCUT2D eigenvalue weighted by atomic mass is 10.0. The molecule has 11 nitrogen and oxygen atoms in total. The number of hydrogen-bond acceptors (Lipinski definition) is 9. The van der Waals surface area contributed by atoms with Crippen LogP contribution >= 0.6 is 0 Å². The van der Waals surface area contributed by atoms with Gasteiger partial charge < -0.3 is 20.1 Å². The van der Waals surface area contributed by atoms with Gasteiger partial charge in [-0.1, -0.05) is 0 Å². The average molecular weight is 436 g/mol. The first-order chi connectivity index (χ1) is 14.0. The molecule has 12 heteroatoms. The minimum atomic E-state index is -3.56. The average Bonchev–Trinajstić information content (AvgIpc) is 3.16. The lowest BCUT2D eigenvalue weighted by Crippen LogP contribution is -2.56. The van der Waals surface area contributed by atoms with Crippen molar-refractivity contribution in [3.8, 4) is 11.7 Å². The Hall–Kier alpha value is -2.73. The maximum Gasteiger partial charge on any atom is 0.253 e. The lowest BCUT2D eigenvalue weighted by molar-refractivity contribution is 0.0482. The molecule has 0 unspecified atom stereocenters. The number of anilines is 1. The van der Waals surface area contributed by atoms with Crippen LogP contribution in [0.1, 0.15) is 36.8 Å². The summed E-state index contributed by atoms with van der Waals surface area (Å²) in [6.07, 6.45) is 3.87.